The summed E-state index contributed by atoms with van der Waals surface area (Å²) >= 11 is 0. The number of hydrogen-bond acceptors (Lipinski definition) is 4. The number of nitrogens with two attached hydrogens (primary N) is 1. The van der Waals surface area contributed by atoms with Gasteiger partial charge < -0.3 is 10.6 Å². The van der Waals surface area contributed by atoms with Gasteiger partial charge in [0.25, 0.3) is 5.91 Å². The molecule has 1 aliphatic rings. The summed E-state index contributed by atoms with van der Waals surface area (Å²) < 4.78 is 0. The third kappa shape index (κ3) is 3.85. The average Bonchev–Trinajstić information content (AvgIpc) is 3.06. The van der Waals surface area contributed by atoms with Crippen LogP contribution >= 0.6 is 0 Å². The van der Waals surface area contributed by atoms with E-state index in [-0.39, 0.29) is 11.8 Å². The molecule has 6 nitrogen and oxygen atoms in total. The van der Waals surface area contributed by atoms with Crippen LogP contribution in [0.2, 0.25) is 0 Å². The van der Waals surface area contributed by atoms with E-state index in [0.29, 0.717) is 29.9 Å². The second-order valence-corrected chi connectivity index (χ2v) is 5.96. The van der Waals surface area contributed by atoms with E-state index in [1.807, 2.05) is 25.1 Å². The van der Waals surface area contributed by atoms with Gasteiger partial charge in [-0.25, -0.2) is 5.43 Å². The lowest BCUT2D eigenvalue weighted by atomic mass is 10.1. The van der Waals surface area contributed by atoms with Crippen LogP contribution in [0, 0.1) is 0 Å². The van der Waals surface area contributed by atoms with Gasteiger partial charge in [0.05, 0.1) is 5.71 Å². The van der Waals surface area contributed by atoms with Crippen molar-refractivity contribution >= 4 is 28.9 Å². The Hall–Kier alpha value is -3.15. The van der Waals surface area contributed by atoms with Crippen molar-refractivity contribution in [2.24, 2.45) is 5.10 Å². The van der Waals surface area contributed by atoms with E-state index in [2.05, 4.69) is 10.5 Å². The number of carbonyl (C=O) groups is 2. The van der Waals surface area contributed by atoms with Crippen LogP contribution < -0.4 is 16.1 Å². The number of rotatable bonds is 4. The molecule has 0 bridgehead atoms. The van der Waals surface area contributed by atoms with Crippen LogP contribution in [0.1, 0.15) is 35.7 Å². The first-order valence-corrected chi connectivity index (χ1v) is 8.15. The van der Waals surface area contributed by atoms with E-state index in [1.54, 1.807) is 35.2 Å². The Labute approximate surface area is 146 Å². The number of amides is 2. The van der Waals surface area contributed by atoms with Crippen molar-refractivity contribution in [2.75, 3.05) is 17.2 Å². The quantitative estimate of drug-likeness (QED) is 0.511. The molecular weight excluding hydrogens is 316 g/mol. The number of hydrogen-bond donors (Lipinski definition) is 2. The van der Waals surface area contributed by atoms with Gasteiger partial charge in [0, 0.05) is 29.9 Å². The fraction of sp³-hybridized carbons (Fsp3) is 0.211. The molecule has 2 aromatic carbocycles. The van der Waals surface area contributed by atoms with Crippen LogP contribution in [-0.4, -0.2) is 24.1 Å². The molecular formula is C19H20N4O2. The molecule has 25 heavy (non-hydrogen) atoms. The Morgan fingerprint density at radius 1 is 1.16 bits per heavy atom. The highest BCUT2D eigenvalue weighted by Crippen LogP contribution is 2.22. The van der Waals surface area contributed by atoms with Crippen molar-refractivity contribution in [3.05, 3.63) is 59.7 Å². The van der Waals surface area contributed by atoms with Gasteiger partial charge in [-0.1, -0.05) is 18.2 Å². The third-order valence-corrected chi connectivity index (χ3v) is 4.15. The van der Waals surface area contributed by atoms with Crippen molar-refractivity contribution in [3.63, 3.8) is 0 Å². The maximum Gasteiger partial charge on any atom is 0.271 e. The summed E-state index contributed by atoms with van der Waals surface area (Å²) in [6.45, 7) is 2.50. The van der Waals surface area contributed by atoms with Gasteiger partial charge in [0.15, 0.2) is 0 Å². The lowest BCUT2D eigenvalue weighted by Crippen LogP contribution is -2.24. The highest BCUT2D eigenvalue weighted by Gasteiger charge is 2.22. The SMILES string of the molecule is CC(=NNC(=O)c1cccc(N2CCCC2=O)c1)c1ccc(N)cc1. The summed E-state index contributed by atoms with van der Waals surface area (Å²) in [5, 5.41) is 4.14. The van der Waals surface area contributed by atoms with Crippen LogP contribution in [0.3, 0.4) is 0 Å². The molecule has 2 amide bonds. The fourth-order valence-corrected chi connectivity index (χ4v) is 2.72. The lowest BCUT2D eigenvalue weighted by Gasteiger charge is -2.16. The first kappa shape index (κ1) is 16.7. The maximum absolute atomic E-state index is 12.3. The number of anilines is 2. The minimum atomic E-state index is -0.316. The topological polar surface area (TPSA) is 87.8 Å². The van der Waals surface area contributed by atoms with Gasteiger partial charge in [-0.2, -0.15) is 5.10 Å². The van der Waals surface area contributed by atoms with Gasteiger partial charge >= 0.3 is 0 Å². The Bertz CT molecular complexity index is 828. The van der Waals surface area contributed by atoms with Crippen molar-refractivity contribution in [1.82, 2.24) is 5.43 Å². The predicted molar refractivity (Wildman–Crippen MR) is 98.6 cm³/mol. The summed E-state index contributed by atoms with van der Waals surface area (Å²) in [5.74, 6) is -0.224. The van der Waals surface area contributed by atoms with E-state index >= 15 is 0 Å². The highest BCUT2D eigenvalue weighted by atomic mass is 16.2. The molecule has 6 heteroatoms. The molecule has 1 fully saturated rings. The monoisotopic (exact) mass is 336 g/mol. The van der Waals surface area contributed by atoms with E-state index < -0.39 is 0 Å². The molecule has 0 radical (unpaired) electrons. The molecule has 0 aliphatic carbocycles. The zero-order valence-electron chi connectivity index (χ0n) is 14.0. The summed E-state index contributed by atoms with van der Waals surface area (Å²) in [7, 11) is 0. The molecule has 0 unspecified atom stereocenters. The largest absolute Gasteiger partial charge is 0.399 e. The highest BCUT2D eigenvalue weighted by molar-refractivity contribution is 6.02. The van der Waals surface area contributed by atoms with E-state index in [9.17, 15) is 9.59 Å². The Morgan fingerprint density at radius 3 is 2.60 bits per heavy atom. The zero-order valence-corrected chi connectivity index (χ0v) is 14.0. The van der Waals surface area contributed by atoms with Gasteiger partial charge in [-0.3, -0.25) is 9.59 Å². The standard InChI is InChI=1S/C19H20N4O2/c1-13(14-7-9-16(20)10-8-14)21-22-19(25)15-4-2-5-17(12-15)23-11-3-6-18(23)24/h2,4-5,7-10,12H,3,6,11,20H2,1H3,(H,22,25). The third-order valence-electron chi connectivity index (χ3n) is 4.15. The minimum absolute atomic E-state index is 0.0924. The van der Waals surface area contributed by atoms with Gasteiger partial charge in [0.2, 0.25) is 5.91 Å². The Morgan fingerprint density at radius 2 is 1.92 bits per heavy atom. The number of nitrogens with one attached hydrogen (secondary N) is 1. The molecule has 3 N–H and O–H groups in total. The molecule has 3 rings (SSSR count). The number of nitrogens with zero attached hydrogens (tertiary/aromatic N) is 2. The van der Waals surface area contributed by atoms with E-state index in [4.69, 9.17) is 5.73 Å². The number of benzene rings is 2. The van der Waals surface area contributed by atoms with Gasteiger partial charge in [-0.05, 0) is 49.2 Å². The van der Waals surface area contributed by atoms with Crippen molar-refractivity contribution in [3.8, 4) is 0 Å². The molecule has 1 saturated heterocycles. The molecule has 0 aromatic heterocycles. The molecule has 0 atom stereocenters. The van der Waals surface area contributed by atoms with Gasteiger partial charge in [-0.15, -0.1) is 0 Å². The number of carbonyl (C=O) groups excluding carboxylic acids is 2. The summed E-state index contributed by atoms with van der Waals surface area (Å²) in [6.07, 6.45) is 1.40. The molecule has 0 saturated carbocycles. The first-order valence-electron chi connectivity index (χ1n) is 8.15. The van der Waals surface area contributed by atoms with Gasteiger partial charge in [0.1, 0.15) is 0 Å². The second-order valence-electron chi connectivity index (χ2n) is 5.96. The van der Waals surface area contributed by atoms with Crippen LogP contribution in [0.25, 0.3) is 0 Å². The van der Waals surface area contributed by atoms with Crippen LogP contribution in [0.4, 0.5) is 11.4 Å². The Kier molecular flexibility index (Phi) is 4.79. The molecule has 128 valence electrons. The molecule has 2 aromatic rings. The Balaban J connectivity index is 1.72. The predicted octanol–water partition coefficient (Wildman–Crippen LogP) is 2.55. The summed E-state index contributed by atoms with van der Waals surface area (Å²) in [4.78, 5) is 25.9. The zero-order chi connectivity index (χ0) is 17.8. The lowest BCUT2D eigenvalue weighted by molar-refractivity contribution is -0.117. The maximum atomic E-state index is 12.3. The number of nitrogen functional groups attached to an aromatic ring is 1. The smallest absolute Gasteiger partial charge is 0.271 e. The van der Waals surface area contributed by atoms with E-state index in [0.717, 1.165) is 17.7 Å². The van der Waals surface area contributed by atoms with Crippen LogP contribution in [-0.2, 0) is 4.79 Å². The summed E-state index contributed by atoms with van der Waals surface area (Å²) in [5.41, 5.74) is 11.7. The molecule has 0 spiro atoms. The molecule has 1 heterocycles. The van der Waals surface area contributed by atoms with Crippen LogP contribution in [0.5, 0.6) is 0 Å². The van der Waals surface area contributed by atoms with Crippen molar-refractivity contribution in [2.45, 2.75) is 19.8 Å². The number of hydrazone groups is 1. The normalized spacial score (nSPS) is 14.7. The van der Waals surface area contributed by atoms with E-state index in [1.165, 1.54) is 0 Å². The van der Waals surface area contributed by atoms with Crippen LogP contribution in [0.15, 0.2) is 53.6 Å². The summed E-state index contributed by atoms with van der Waals surface area (Å²) in [6, 6.07) is 14.3. The second kappa shape index (κ2) is 7.17. The van der Waals surface area contributed by atoms with Crippen molar-refractivity contribution < 1.29 is 9.59 Å². The first-order chi connectivity index (χ1) is 12.0. The van der Waals surface area contributed by atoms with Crippen molar-refractivity contribution in [1.29, 1.82) is 0 Å². The fourth-order valence-electron chi connectivity index (χ4n) is 2.72. The minimum Gasteiger partial charge on any atom is -0.399 e. The average molecular weight is 336 g/mol. The molecule has 1 aliphatic heterocycles.